The van der Waals surface area contributed by atoms with E-state index in [1.807, 2.05) is 36.6 Å². The molecule has 0 saturated heterocycles. The summed E-state index contributed by atoms with van der Waals surface area (Å²) in [6, 6.07) is 16.4. The molecule has 2 aromatic carbocycles. The highest BCUT2D eigenvalue weighted by Gasteiger charge is 2.16. The predicted octanol–water partition coefficient (Wildman–Crippen LogP) is 6.26. The third kappa shape index (κ3) is 5.39. The molecule has 1 saturated carbocycles. The van der Waals surface area contributed by atoms with E-state index in [1.165, 1.54) is 49.0 Å². The van der Waals surface area contributed by atoms with E-state index in [2.05, 4.69) is 39.8 Å². The number of carbonyl (C=O) groups is 1. The molecule has 0 radical (unpaired) electrons. The smallest absolute Gasteiger partial charge is 0.352 e. The van der Waals surface area contributed by atoms with Gasteiger partial charge in [-0.2, -0.15) is 5.10 Å². The van der Waals surface area contributed by atoms with E-state index in [4.69, 9.17) is 0 Å². The lowest BCUT2D eigenvalue weighted by atomic mass is 9.84. The number of anilines is 1. The Balaban J connectivity index is 1.44. The first kappa shape index (κ1) is 21.2. The van der Waals surface area contributed by atoms with Crippen LogP contribution in [0.25, 0.3) is 11.3 Å². The average molecular weight is 434 g/mol. The number of benzene rings is 2. The number of rotatable bonds is 7. The summed E-state index contributed by atoms with van der Waals surface area (Å²) in [5.74, 6) is -0.349. The van der Waals surface area contributed by atoms with Crippen molar-refractivity contribution < 1.29 is 9.90 Å². The Labute approximate surface area is 186 Å². The van der Waals surface area contributed by atoms with Crippen LogP contribution in [0.1, 0.15) is 54.7 Å². The van der Waals surface area contributed by atoms with Crippen molar-refractivity contribution in [2.45, 2.75) is 51.4 Å². The number of nitrogens with one attached hydrogen (secondary N) is 1. The zero-order valence-corrected chi connectivity index (χ0v) is 18.5. The second-order valence-electron chi connectivity index (χ2n) is 8.07. The van der Waals surface area contributed by atoms with E-state index in [0.717, 1.165) is 22.4 Å². The maximum absolute atomic E-state index is 11.6. The lowest BCUT2D eigenvalue weighted by Crippen LogP contribution is -2.18. The zero-order valence-electron chi connectivity index (χ0n) is 17.7. The first-order chi connectivity index (χ1) is 15.1. The summed E-state index contributed by atoms with van der Waals surface area (Å²) < 4.78 is 0. The van der Waals surface area contributed by atoms with Gasteiger partial charge < -0.3 is 5.11 Å². The Hall–Kier alpha value is -2.99. The van der Waals surface area contributed by atoms with Gasteiger partial charge >= 0.3 is 5.97 Å². The molecule has 1 heterocycles. The molecule has 2 N–H and O–H groups in total. The molecule has 1 aliphatic carbocycles. The van der Waals surface area contributed by atoms with Gasteiger partial charge in [0.15, 0.2) is 0 Å². The van der Waals surface area contributed by atoms with Crippen LogP contribution in [0, 0.1) is 6.92 Å². The fourth-order valence-electron chi connectivity index (χ4n) is 4.09. The van der Waals surface area contributed by atoms with Crippen LogP contribution >= 0.6 is 11.3 Å². The van der Waals surface area contributed by atoms with Crippen molar-refractivity contribution in [3.8, 4) is 11.3 Å². The first-order valence-corrected chi connectivity index (χ1v) is 11.6. The maximum atomic E-state index is 11.6. The van der Waals surface area contributed by atoms with Gasteiger partial charge in [0, 0.05) is 17.4 Å². The highest BCUT2D eigenvalue weighted by Crippen LogP contribution is 2.34. The molecule has 0 unspecified atom stereocenters. The molecule has 160 valence electrons. The molecule has 0 aliphatic heterocycles. The largest absolute Gasteiger partial charge is 0.477 e. The number of aromatic nitrogens is 1. The van der Waals surface area contributed by atoms with Crippen molar-refractivity contribution in [3.63, 3.8) is 0 Å². The number of nitrogens with zero attached hydrogens (tertiary/aromatic N) is 2. The second kappa shape index (κ2) is 9.88. The van der Waals surface area contributed by atoms with Gasteiger partial charge in [-0.25, -0.2) is 9.78 Å². The Morgan fingerprint density at radius 1 is 1.13 bits per heavy atom. The summed E-state index contributed by atoms with van der Waals surface area (Å²) in [7, 11) is 0. The molecule has 5 nitrogen and oxygen atoms in total. The second-order valence-corrected chi connectivity index (χ2v) is 8.93. The minimum atomic E-state index is -1.04. The van der Waals surface area contributed by atoms with Gasteiger partial charge in [-0.3, -0.25) is 5.43 Å². The van der Waals surface area contributed by atoms with Crippen molar-refractivity contribution >= 4 is 28.1 Å². The number of hydrogen-bond donors (Lipinski definition) is 2. The molecule has 31 heavy (non-hydrogen) atoms. The normalized spacial score (nSPS) is 15.1. The van der Waals surface area contributed by atoms with E-state index in [0.29, 0.717) is 11.0 Å². The van der Waals surface area contributed by atoms with Crippen LogP contribution in [-0.2, 0) is 11.2 Å². The number of thiazole rings is 1. The lowest BCUT2D eigenvalue weighted by Gasteiger charge is -2.22. The summed E-state index contributed by atoms with van der Waals surface area (Å²) >= 11 is 1.42. The Morgan fingerprint density at radius 3 is 2.58 bits per heavy atom. The van der Waals surface area contributed by atoms with Crippen molar-refractivity contribution in [1.29, 1.82) is 0 Å². The number of hydrazone groups is 1. The molecule has 1 aliphatic rings. The number of aryl methyl sites for hydroxylation is 1. The van der Waals surface area contributed by atoms with Crippen LogP contribution in [0.2, 0.25) is 0 Å². The summed E-state index contributed by atoms with van der Waals surface area (Å²) in [4.78, 5) is 16.2. The van der Waals surface area contributed by atoms with Crippen LogP contribution < -0.4 is 5.43 Å². The number of aliphatic carboxylic acids is 1. The summed E-state index contributed by atoms with van der Waals surface area (Å²) in [6.45, 7) is 1.97. The fourth-order valence-corrected chi connectivity index (χ4v) is 4.75. The average Bonchev–Trinajstić information content (AvgIpc) is 3.27. The minimum absolute atomic E-state index is 0.0582. The molecular weight excluding hydrogens is 406 g/mol. The van der Waals surface area contributed by atoms with Crippen molar-refractivity contribution in [2.24, 2.45) is 5.10 Å². The fraction of sp³-hybridized carbons (Fsp3) is 0.320. The summed E-state index contributed by atoms with van der Waals surface area (Å²) in [5, 5.41) is 16.2. The number of carboxylic acids is 1. The minimum Gasteiger partial charge on any atom is -0.477 e. The van der Waals surface area contributed by atoms with Gasteiger partial charge in [-0.15, -0.1) is 11.3 Å². The van der Waals surface area contributed by atoms with Gasteiger partial charge in [0.1, 0.15) is 5.71 Å². The highest BCUT2D eigenvalue weighted by atomic mass is 32.1. The van der Waals surface area contributed by atoms with Gasteiger partial charge in [-0.05, 0) is 42.4 Å². The van der Waals surface area contributed by atoms with E-state index in [9.17, 15) is 9.90 Å². The Bertz CT molecular complexity index is 1070. The Morgan fingerprint density at radius 2 is 1.87 bits per heavy atom. The van der Waals surface area contributed by atoms with Crippen LogP contribution in [0.15, 0.2) is 59.0 Å². The van der Waals surface area contributed by atoms with Crippen LogP contribution in [0.4, 0.5) is 5.13 Å². The van der Waals surface area contributed by atoms with Gasteiger partial charge in [0.05, 0.1) is 5.69 Å². The van der Waals surface area contributed by atoms with E-state index >= 15 is 0 Å². The molecule has 0 bridgehead atoms. The van der Waals surface area contributed by atoms with Gasteiger partial charge in [0.25, 0.3) is 0 Å². The quantitative estimate of drug-likeness (QED) is 0.340. The molecule has 4 rings (SSSR count). The lowest BCUT2D eigenvalue weighted by molar-refractivity contribution is -0.129. The molecule has 1 aromatic heterocycles. The highest BCUT2D eigenvalue weighted by molar-refractivity contribution is 7.14. The van der Waals surface area contributed by atoms with E-state index in [-0.39, 0.29) is 12.1 Å². The summed E-state index contributed by atoms with van der Waals surface area (Å²) in [6.07, 6.45) is 6.86. The maximum Gasteiger partial charge on any atom is 0.352 e. The van der Waals surface area contributed by atoms with E-state index < -0.39 is 5.97 Å². The molecular formula is C25H27N3O2S. The number of hydrogen-bond acceptors (Lipinski definition) is 5. The number of carboxylic acid groups (broad SMARTS) is 1. The monoisotopic (exact) mass is 433 g/mol. The zero-order chi connectivity index (χ0) is 21.6. The first-order valence-electron chi connectivity index (χ1n) is 10.8. The van der Waals surface area contributed by atoms with Crippen LogP contribution in [0.3, 0.4) is 0 Å². The van der Waals surface area contributed by atoms with Crippen molar-refractivity contribution in [2.75, 3.05) is 5.43 Å². The van der Waals surface area contributed by atoms with Crippen LogP contribution in [-0.4, -0.2) is 21.8 Å². The van der Waals surface area contributed by atoms with Crippen molar-refractivity contribution in [3.05, 3.63) is 70.6 Å². The molecule has 1 fully saturated rings. The molecule has 0 amide bonds. The van der Waals surface area contributed by atoms with E-state index in [1.54, 1.807) is 0 Å². The predicted molar refractivity (Wildman–Crippen MR) is 127 cm³/mol. The molecule has 0 atom stereocenters. The topological polar surface area (TPSA) is 74.6 Å². The Kier molecular flexibility index (Phi) is 6.77. The SMILES string of the molecule is Cc1ccccc1C/C(=N\Nc1nc(-c2ccc(C3CCCCC3)cc2)cs1)C(=O)O. The third-order valence-corrected chi connectivity index (χ3v) is 6.69. The van der Waals surface area contributed by atoms with Crippen LogP contribution in [0.5, 0.6) is 0 Å². The molecule has 3 aromatic rings. The molecule has 6 heteroatoms. The van der Waals surface area contributed by atoms with Gasteiger partial charge in [0.2, 0.25) is 5.13 Å². The standard InChI is InChI=1S/C25H27N3O2S/c1-17-7-5-6-10-21(17)15-22(24(29)30)27-28-25-26-23(16-31-25)20-13-11-19(12-14-20)18-8-3-2-4-9-18/h5-7,10-14,16,18H,2-4,8-9,15H2,1H3,(H,26,28)(H,29,30)/b27-22+. The summed E-state index contributed by atoms with van der Waals surface area (Å²) in [5.41, 5.74) is 8.24. The molecule has 0 spiro atoms. The van der Waals surface area contributed by atoms with Gasteiger partial charge in [-0.1, -0.05) is 67.8 Å². The third-order valence-electron chi connectivity index (χ3n) is 5.94. The van der Waals surface area contributed by atoms with Crippen molar-refractivity contribution in [1.82, 2.24) is 4.98 Å².